The first-order chi connectivity index (χ1) is 11.9. The lowest BCUT2D eigenvalue weighted by atomic mass is 10.2. The molecule has 1 saturated heterocycles. The fraction of sp³-hybridized carbons (Fsp3) is 0.750. The largest absolute Gasteiger partial charge is 0.468 e. The molecule has 2 heterocycles. The lowest BCUT2D eigenvalue weighted by Gasteiger charge is -2.19. The monoisotopic (exact) mass is 373 g/mol. The first kappa shape index (κ1) is 19.9. The van der Waals surface area contributed by atoms with Crippen LogP contribution in [0.4, 0.5) is 0 Å². The Balaban J connectivity index is 2.25. The zero-order valence-electron chi connectivity index (χ0n) is 15.1. The maximum Gasteiger partial charge on any atom is 0.319 e. The van der Waals surface area contributed by atoms with Crippen molar-refractivity contribution in [2.24, 2.45) is 0 Å². The van der Waals surface area contributed by atoms with E-state index in [0.717, 1.165) is 18.5 Å². The molecule has 1 aromatic heterocycles. The smallest absolute Gasteiger partial charge is 0.319 e. The number of hydrogen-bond donors (Lipinski definition) is 0. The van der Waals surface area contributed by atoms with E-state index in [-0.39, 0.29) is 29.5 Å². The summed E-state index contributed by atoms with van der Waals surface area (Å²) in [5.41, 5.74) is 0.747. The van der Waals surface area contributed by atoms with Gasteiger partial charge in [-0.1, -0.05) is 6.92 Å². The Bertz CT molecular complexity index is 680. The summed E-state index contributed by atoms with van der Waals surface area (Å²) in [6, 6.07) is 0. The fourth-order valence-electron chi connectivity index (χ4n) is 2.93. The van der Waals surface area contributed by atoms with Crippen molar-refractivity contribution in [1.82, 2.24) is 14.5 Å². The van der Waals surface area contributed by atoms with Crippen LogP contribution in [0.25, 0.3) is 0 Å². The number of esters is 1. The highest BCUT2D eigenvalue weighted by molar-refractivity contribution is 7.91. The van der Waals surface area contributed by atoms with Crippen molar-refractivity contribution >= 4 is 15.8 Å². The van der Waals surface area contributed by atoms with Gasteiger partial charge in [-0.05, 0) is 26.3 Å². The van der Waals surface area contributed by atoms with Gasteiger partial charge in [0.05, 0.1) is 43.9 Å². The van der Waals surface area contributed by atoms with Crippen molar-refractivity contribution < 1.29 is 22.7 Å². The minimum Gasteiger partial charge on any atom is -0.468 e. The molecule has 1 fully saturated rings. The summed E-state index contributed by atoms with van der Waals surface area (Å²) in [6.07, 6.45) is 3.99. The van der Waals surface area contributed by atoms with E-state index in [2.05, 4.69) is 9.72 Å². The third kappa shape index (κ3) is 5.26. The van der Waals surface area contributed by atoms with Gasteiger partial charge in [0.25, 0.3) is 0 Å². The predicted octanol–water partition coefficient (Wildman–Crippen LogP) is 0.851. The molecule has 0 spiro atoms. The summed E-state index contributed by atoms with van der Waals surface area (Å²) in [6.45, 7) is 3.51. The molecule has 0 N–H and O–H groups in total. The number of nitrogens with zero attached hydrogens (tertiary/aromatic N) is 3. The molecule has 142 valence electrons. The summed E-state index contributed by atoms with van der Waals surface area (Å²) < 4.78 is 37.1. The molecule has 0 saturated carbocycles. The van der Waals surface area contributed by atoms with Crippen LogP contribution in [0.5, 0.6) is 0 Å². The highest BCUT2D eigenvalue weighted by Crippen LogP contribution is 2.20. The second-order valence-electron chi connectivity index (χ2n) is 6.35. The molecular weight excluding hydrogens is 346 g/mol. The van der Waals surface area contributed by atoms with E-state index in [1.54, 1.807) is 22.7 Å². The van der Waals surface area contributed by atoms with Gasteiger partial charge in [-0.2, -0.15) is 0 Å². The Labute approximate surface area is 149 Å². The van der Waals surface area contributed by atoms with E-state index in [0.29, 0.717) is 26.1 Å². The van der Waals surface area contributed by atoms with Crippen LogP contribution in [0.2, 0.25) is 0 Å². The molecule has 2 rings (SSSR count). The summed E-state index contributed by atoms with van der Waals surface area (Å²) in [4.78, 5) is 17.4. The third-order valence-electron chi connectivity index (χ3n) is 4.12. The van der Waals surface area contributed by atoms with E-state index in [1.807, 2.05) is 6.92 Å². The van der Waals surface area contributed by atoms with Gasteiger partial charge in [0.15, 0.2) is 0 Å². The third-order valence-corrected chi connectivity index (χ3v) is 5.95. The quantitative estimate of drug-likeness (QED) is 0.593. The molecule has 1 aliphatic rings. The Kier molecular flexibility index (Phi) is 6.97. The molecule has 25 heavy (non-hydrogen) atoms. The van der Waals surface area contributed by atoms with E-state index in [9.17, 15) is 13.2 Å². The highest BCUT2D eigenvalue weighted by atomic mass is 32.2. The summed E-state index contributed by atoms with van der Waals surface area (Å²) in [5, 5.41) is 0.0892. The van der Waals surface area contributed by atoms with Crippen LogP contribution in [-0.4, -0.2) is 68.0 Å². The molecule has 0 bridgehead atoms. The minimum absolute atomic E-state index is 0.00515. The molecule has 0 aliphatic carbocycles. The van der Waals surface area contributed by atoms with Crippen molar-refractivity contribution in [3.05, 3.63) is 11.9 Å². The Morgan fingerprint density at radius 3 is 2.88 bits per heavy atom. The minimum atomic E-state index is -3.44. The average molecular weight is 373 g/mol. The maximum absolute atomic E-state index is 12.5. The standard InChI is InChI=1S/C16H27N3O5S/c1-4-8-25(21,22)16-17-9-13(10-18(2)12-15(20)23-3)19(16)11-14-6-5-7-24-14/h9,14H,4-8,10-12H2,1-3H3. The van der Waals surface area contributed by atoms with Crippen molar-refractivity contribution in [1.29, 1.82) is 0 Å². The fourth-order valence-corrected chi connectivity index (χ4v) is 4.39. The van der Waals surface area contributed by atoms with Crippen molar-refractivity contribution in [3.63, 3.8) is 0 Å². The van der Waals surface area contributed by atoms with Gasteiger partial charge in [0, 0.05) is 13.2 Å². The Morgan fingerprint density at radius 1 is 1.52 bits per heavy atom. The number of carbonyl (C=O) groups is 1. The van der Waals surface area contributed by atoms with E-state index < -0.39 is 9.84 Å². The topological polar surface area (TPSA) is 90.7 Å². The van der Waals surface area contributed by atoms with Crippen LogP contribution in [0.1, 0.15) is 31.9 Å². The molecular formula is C16H27N3O5S. The van der Waals surface area contributed by atoms with Crippen LogP contribution in [0, 0.1) is 0 Å². The van der Waals surface area contributed by atoms with Crippen LogP contribution in [0.15, 0.2) is 11.4 Å². The van der Waals surface area contributed by atoms with Crippen LogP contribution < -0.4 is 0 Å². The number of sulfone groups is 1. The van der Waals surface area contributed by atoms with Crippen molar-refractivity contribution in [3.8, 4) is 0 Å². The number of carbonyl (C=O) groups excluding carboxylic acids is 1. The van der Waals surface area contributed by atoms with Gasteiger partial charge >= 0.3 is 5.97 Å². The first-order valence-corrected chi connectivity index (χ1v) is 10.2. The summed E-state index contributed by atoms with van der Waals surface area (Å²) in [5.74, 6) is -0.279. The average Bonchev–Trinajstić information content (AvgIpc) is 3.18. The van der Waals surface area contributed by atoms with Gasteiger partial charge in [-0.15, -0.1) is 0 Å². The number of aromatic nitrogens is 2. The summed E-state index contributed by atoms with van der Waals surface area (Å²) >= 11 is 0. The molecule has 9 heteroatoms. The number of imidazole rings is 1. The van der Waals surface area contributed by atoms with Crippen molar-refractivity contribution in [2.75, 3.05) is 33.1 Å². The lowest BCUT2D eigenvalue weighted by molar-refractivity contribution is -0.141. The number of hydrogen-bond acceptors (Lipinski definition) is 7. The first-order valence-electron chi connectivity index (χ1n) is 8.51. The molecule has 8 nitrogen and oxygen atoms in total. The number of likely N-dealkylation sites (N-methyl/N-ethyl adjacent to an activating group) is 1. The number of methoxy groups -OCH3 is 1. The number of rotatable bonds is 9. The summed E-state index contributed by atoms with van der Waals surface area (Å²) in [7, 11) is -0.320. The van der Waals surface area contributed by atoms with Crippen LogP contribution >= 0.6 is 0 Å². The Morgan fingerprint density at radius 2 is 2.28 bits per heavy atom. The molecule has 1 unspecified atom stereocenters. The second-order valence-corrected chi connectivity index (χ2v) is 8.35. The SMILES string of the molecule is CCCS(=O)(=O)c1ncc(CN(C)CC(=O)OC)n1CC1CCCO1. The van der Waals surface area contributed by atoms with Gasteiger partial charge < -0.3 is 14.0 Å². The zero-order valence-corrected chi connectivity index (χ0v) is 15.9. The van der Waals surface area contributed by atoms with Crippen molar-refractivity contribution in [2.45, 2.75) is 50.5 Å². The molecule has 0 amide bonds. The van der Waals surface area contributed by atoms with Gasteiger partial charge in [0.2, 0.25) is 15.0 Å². The maximum atomic E-state index is 12.5. The molecule has 1 atom stereocenters. The second kappa shape index (κ2) is 8.77. The zero-order chi connectivity index (χ0) is 18.4. The lowest BCUT2D eigenvalue weighted by Crippen LogP contribution is -2.29. The van der Waals surface area contributed by atoms with E-state index in [4.69, 9.17) is 4.74 Å². The molecule has 0 aromatic carbocycles. The predicted molar refractivity (Wildman–Crippen MR) is 91.9 cm³/mol. The van der Waals surface area contributed by atoms with Gasteiger partial charge in [-0.25, -0.2) is 13.4 Å². The van der Waals surface area contributed by atoms with Gasteiger partial charge in [-0.3, -0.25) is 9.69 Å². The normalized spacial score (nSPS) is 18.0. The van der Waals surface area contributed by atoms with Gasteiger partial charge in [0.1, 0.15) is 0 Å². The molecule has 0 radical (unpaired) electrons. The highest BCUT2D eigenvalue weighted by Gasteiger charge is 2.26. The molecule has 1 aliphatic heterocycles. The van der Waals surface area contributed by atoms with E-state index >= 15 is 0 Å². The van der Waals surface area contributed by atoms with Crippen LogP contribution in [0.3, 0.4) is 0 Å². The van der Waals surface area contributed by atoms with Crippen LogP contribution in [-0.2, 0) is 37.2 Å². The Hall–Kier alpha value is -1.45. The van der Waals surface area contributed by atoms with E-state index in [1.165, 1.54) is 7.11 Å². The number of ether oxygens (including phenoxy) is 2. The molecule has 1 aromatic rings.